The molecule has 0 spiro atoms. The minimum atomic E-state index is -0.650. The van der Waals surface area contributed by atoms with Crippen molar-refractivity contribution in [3.05, 3.63) is 63.5 Å². The molecule has 0 atom stereocenters. The van der Waals surface area contributed by atoms with Gasteiger partial charge in [-0.2, -0.15) is 5.26 Å². The number of aromatic hydroxyl groups is 1. The lowest BCUT2D eigenvalue weighted by Gasteiger charge is -2.17. The van der Waals surface area contributed by atoms with E-state index in [0.29, 0.717) is 0 Å². The van der Waals surface area contributed by atoms with Crippen LogP contribution < -0.4 is 0 Å². The number of phenolic OH excluding ortho intramolecular Hbond substituents is 1. The minimum Gasteiger partial charge on any atom is -0.507 e. The molecule has 0 fully saturated rings. The number of phenols is 1. The Morgan fingerprint density at radius 2 is 2.12 bits per heavy atom. The monoisotopic (exact) mass is 340 g/mol. The summed E-state index contributed by atoms with van der Waals surface area (Å²) in [5.74, 6) is -0.239. The van der Waals surface area contributed by atoms with Crippen LogP contribution in [-0.2, 0) is 4.84 Å². The molecule has 0 bridgehead atoms. The first-order valence-electron chi connectivity index (χ1n) is 7.32. The molecule has 1 heterocycles. The summed E-state index contributed by atoms with van der Waals surface area (Å²) < 4.78 is 0. The maximum absolute atomic E-state index is 11.0. The van der Waals surface area contributed by atoms with E-state index >= 15 is 0 Å². The van der Waals surface area contributed by atoms with Gasteiger partial charge in [0.05, 0.1) is 16.1 Å². The predicted octanol–water partition coefficient (Wildman–Crippen LogP) is 3.13. The molecular formula is C17H16N4O4. The molecule has 0 saturated heterocycles. The van der Waals surface area contributed by atoms with Crippen molar-refractivity contribution >= 4 is 11.4 Å². The molecule has 1 aromatic heterocycles. The lowest BCUT2D eigenvalue weighted by atomic mass is 10.0. The predicted molar refractivity (Wildman–Crippen MR) is 90.2 cm³/mol. The Labute approximate surface area is 144 Å². The number of nitriles is 1. The molecule has 1 N–H and O–H groups in total. The van der Waals surface area contributed by atoms with Crippen LogP contribution in [0.2, 0.25) is 0 Å². The minimum absolute atomic E-state index is 0.0354. The van der Waals surface area contributed by atoms with Gasteiger partial charge in [-0.25, -0.2) is 0 Å². The van der Waals surface area contributed by atoms with Gasteiger partial charge in [0.15, 0.2) is 0 Å². The van der Waals surface area contributed by atoms with Crippen LogP contribution in [0.1, 0.15) is 37.6 Å². The topological polar surface area (TPSA) is 122 Å². The maximum atomic E-state index is 11.0. The molecule has 0 aliphatic carbocycles. The Morgan fingerprint density at radius 3 is 2.72 bits per heavy atom. The maximum Gasteiger partial charge on any atom is 0.270 e. The van der Waals surface area contributed by atoms with Crippen molar-refractivity contribution in [3.8, 4) is 11.8 Å². The molecule has 25 heavy (non-hydrogen) atoms. The van der Waals surface area contributed by atoms with Crippen molar-refractivity contribution in [2.45, 2.75) is 26.4 Å². The van der Waals surface area contributed by atoms with Gasteiger partial charge in [-0.05, 0) is 39.0 Å². The van der Waals surface area contributed by atoms with Crippen molar-refractivity contribution in [1.82, 2.24) is 4.98 Å². The average molecular weight is 340 g/mol. The number of non-ortho nitro benzene ring substituents is 1. The van der Waals surface area contributed by atoms with Crippen molar-refractivity contribution < 1.29 is 14.9 Å². The second kappa shape index (κ2) is 6.97. The number of pyridine rings is 1. The Morgan fingerprint density at radius 1 is 1.40 bits per heavy atom. The third-order valence-electron chi connectivity index (χ3n) is 3.01. The highest BCUT2D eigenvalue weighted by Gasteiger charge is 2.22. The zero-order valence-corrected chi connectivity index (χ0v) is 13.9. The molecule has 0 unspecified atom stereocenters. The van der Waals surface area contributed by atoms with E-state index in [1.165, 1.54) is 24.4 Å². The normalized spacial score (nSPS) is 11.7. The van der Waals surface area contributed by atoms with Gasteiger partial charge in [-0.15, -0.1) is 0 Å². The van der Waals surface area contributed by atoms with Crippen molar-refractivity contribution in [2.75, 3.05) is 0 Å². The lowest BCUT2D eigenvalue weighted by Crippen LogP contribution is -2.18. The van der Waals surface area contributed by atoms with E-state index in [0.717, 1.165) is 6.07 Å². The van der Waals surface area contributed by atoms with Crippen molar-refractivity contribution in [1.29, 1.82) is 5.26 Å². The first kappa shape index (κ1) is 17.9. The number of aromatic nitrogens is 1. The van der Waals surface area contributed by atoms with Crippen LogP contribution in [0.4, 0.5) is 5.69 Å². The summed E-state index contributed by atoms with van der Waals surface area (Å²) in [7, 11) is 0. The molecule has 0 radical (unpaired) electrons. The Hall–Kier alpha value is -3.47. The van der Waals surface area contributed by atoms with Crippen LogP contribution in [0, 0.1) is 21.4 Å². The van der Waals surface area contributed by atoms with E-state index in [9.17, 15) is 20.5 Å². The van der Waals surface area contributed by atoms with Crippen LogP contribution in [0.25, 0.3) is 0 Å². The van der Waals surface area contributed by atoms with Gasteiger partial charge in [0.1, 0.15) is 28.8 Å². The van der Waals surface area contributed by atoms with Gasteiger partial charge >= 0.3 is 0 Å². The number of nitro groups is 1. The quantitative estimate of drug-likeness (QED) is 0.518. The van der Waals surface area contributed by atoms with Gasteiger partial charge in [-0.3, -0.25) is 15.1 Å². The standard InChI is InChI=1S/C17H16N4O4/c1-17(2,3)25-20-16(15-11(10-18)5-4-8-19-15)13-9-12(21(23)24)6-7-14(13)22/h4-9,22H,1-3H3/b20-16-. The fourth-order valence-corrected chi connectivity index (χ4v) is 1.91. The van der Waals surface area contributed by atoms with E-state index in [-0.39, 0.29) is 34.0 Å². The van der Waals surface area contributed by atoms with Crippen LogP contribution >= 0.6 is 0 Å². The summed E-state index contributed by atoms with van der Waals surface area (Å²) in [4.78, 5) is 20.0. The fraction of sp³-hybridized carbons (Fsp3) is 0.235. The first-order chi connectivity index (χ1) is 11.7. The molecule has 8 heteroatoms. The van der Waals surface area contributed by atoms with E-state index in [2.05, 4.69) is 10.1 Å². The second-order valence-electron chi connectivity index (χ2n) is 6.11. The summed E-state index contributed by atoms with van der Waals surface area (Å²) in [6.07, 6.45) is 1.46. The highest BCUT2D eigenvalue weighted by atomic mass is 16.6. The zero-order valence-electron chi connectivity index (χ0n) is 13.9. The second-order valence-corrected chi connectivity index (χ2v) is 6.11. The number of rotatable bonds is 4. The lowest BCUT2D eigenvalue weighted by molar-refractivity contribution is -0.384. The number of benzene rings is 1. The summed E-state index contributed by atoms with van der Waals surface area (Å²) in [6, 6.07) is 8.62. The Kier molecular flexibility index (Phi) is 4.98. The van der Waals surface area contributed by atoms with Crippen LogP contribution in [0.15, 0.2) is 41.7 Å². The molecule has 1 aromatic carbocycles. The molecule has 0 aliphatic heterocycles. The number of nitrogens with zero attached hydrogens (tertiary/aromatic N) is 4. The van der Waals surface area contributed by atoms with Gasteiger partial charge < -0.3 is 9.94 Å². The molecule has 0 aliphatic rings. The third-order valence-corrected chi connectivity index (χ3v) is 3.01. The molecule has 0 saturated carbocycles. The molecular weight excluding hydrogens is 324 g/mol. The number of hydrogen-bond acceptors (Lipinski definition) is 7. The first-order valence-corrected chi connectivity index (χ1v) is 7.32. The largest absolute Gasteiger partial charge is 0.507 e. The van der Waals surface area contributed by atoms with E-state index in [1.54, 1.807) is 26.8 Å². The Balaban J connectivity index is 2.71. The van der Waals surface area contributed by atoms with Gasteiger partial charge in [0.25, 0.3) is 5.69 Å². The smallest absolute Gasteiger partial charge is 0.270 e. The fourth-order valence-electron chi connectivity index (χ4n) is 1.91. The highest BCUT2D eigenvalue weighted by molar-refractivity contribution is 6.14. The molecule has 0 amide bonds. The molecule has 128 valence electrons. The SMILES string of the molecule is CC(C)(C)O/N=C(/c1cc([N+](=O)[O-])ccc1O)c1ncccc1C#N. The van der Waals surface area contributed by atoms with E-state index < -0.39 is 10.5 Å². The van der Waals surface area contributed by atoms with Gasteiger partial charge in [-0.1, -0.05) is 5.16 Å². The summed E-state index contributed by atoms with van der Waals surface area (Å²) >= 11 is 0. The molecule has 2 rings (SSSR count). The van der Waals surface area contributed by atoms with E-state index in [4.69, 9.17) is 4.84 Å². The van der Waals surface area contributed by atoms with Crippen molar-refractivity contribution in [2.24, 2.45) is 5.16 Å². The van der Waals surface area contributed by atoms with Gasteiger partial charge in [0.2, 0.25) is 0 Å². The average Bonchev–Trinajstić information content (AvgIpc) is 2.55. The molecule has 2 aromatic rings. The van der Waals surface area contributed by atoms with Crippen LogP contribution in [-0.4, -0.2) is 26.3 Å². The number of hydrogen-bond donors (Lipinski definition) is 1. The van der Waals surface area contributed by atoms with E-state index in [1.807, 2.05) is 6.07 Å². The van der Waals surface area contributed by atoms with Crippen molar-refractivity contribution in [3.63, 3.8) is 0 Å². The number of nitro benzene ring substituents is 1. The summed E-state index contributed by atoms with van der Waals surface area (Å²) in [6.45, 7) is 5.31. The Bertz CT molecular complexity index is 879. The summed E-state index contributed by atoms with van der Waals surface area (Å²) in [5, 5.41) is 34.5. The molecule has 8 nitrogen and oxygen atoms in total. The summed E-state index contributed by atoms with van der Waals surface area (Å²) in [5.41, 5.74) is -0.439. The van der Waals surface area contributed by atoms with Crippen LogP contribution in [0.3, 0.4) is 0 Å². The third kappa shape index (κ3) is 4.29. The zero-order chi connectivity index (χ0) is 18.6. The van der Waals surface area contributed by atoms with Crippen LogP contribution in [0.5, 0.6) is 5.75 Å². The highest BCUT2D eigenvalue weighted by Crippen LogP contribution is 2.27. The number of oxime groups is 1. The van der Waals surface area contributed by atoms with Gasteiger partial charge in [0, 0.05) is 18.3 Å².